The van der Waals surface area contributed by atoms with Gasteiger partial charge in [-0.1, -0.05) is 55.5 Å². The molecule has 2 atom stereocenters. The summed E-state index contributed by atoms with van der Waals surface area (Å²) in [6.07, 6.45) is 3.11. The number of benzene rings is 3. The molecule has 0 fully saturated rings. The number of halogens is 2. The van der Waals surface area contributed by atoms with Crippen LogP contribution in [-0.2, 0) is 19.4 Å². The van der Waals surface area contributed by atoms with Gasteiger partial charge in [-0.15, -0.1) is 0 Å². The Morgan fingerprint density at radius 1 is 0.944 bits per heavy atom. The van der Waals surface area contributed by atoms with Gasteiger partial charge in [-0.3, -0.25) is 9.78 Å². The van der Waals surface area contributed by atoms with Crippen LogP contribution in [0, 0.1) is 11.6 Å². The van der Waals surface area contributed by atoms with E-state index >= 15 is 0 Å². The van der Waals surface area contributed by atoms with E-state index in [1.54, 1.807) is 6.20 Å². The molecule has 0 unspecified atom stereocenters. The van der Waals surface area contributed by atoms with Crippen LogP contribution in [0.3, 0.4) is 0 Å². The Hall–Kier alpha value is -3.68. The lowest BCUT2D eigenvalue weighted by molar-refractivity contribution is 0.0831. The first kappa shape index (κ1) is 25.4. The summed E-state index contributed by atoms with van der Waals surface area (Å²) in [5.41, 5.74) is 3.00. The third-order valence-corrected chi connectivity index (χ3v) is 6.15. The highest BCUT2D eigenvalue weighted by atomic mass is 19.1. The Morgan fingerprint density at radius 2 is 1.69 bits per heavy atom. The van der Waals surface area contributed by atoms with Crippen LogP contribution in [-0.4, -0.2) is 34.7 Å². The van der Waals surface area contributed by atoms with Gasteiger partial charge in [0, 0.05) is 36.9 Å². The Balaban J connectivity index is 1.51. The third kappa shape index (κ3) is 6.50. The molecule has 0 saturated heterocycles. The number of hydrogen-bond acceptors (Lipinski definition) is 4. The predicted octanol–water partition coefficient (Wildman–Crippen LogP) is 4.57. The lowest BCUT2D eigenvalue weighted by Crippen LogP contribution is -2.48. The van der Waals surface area contributed by atoms with Crippen molar-refractivity contribution in [2.45, 2.75) is 38.5 Å². The van der Waals surface area contributed by atoms with Gasteiger partial charge in [0.25, 0.3) is 5.91 Å². The summed E-state index contributed by atoms with van der Waals surface area (Å²) in [7, 11) is 0. The van der Waals surface area contributed by atoms with E-state index in [1.807, 2.05) is 36.4 Å². The van der Waals surface area contributed by atoms with Crippen LogP contribution < -0.4 is 10.6 Å². The maximum Gasteiger partial charge on any atom is 0.253 e. The average Bonchev–Trinajstić information content (AvgIpc) is 2.87. The van der Waals surface area contributed by atoms with Crippen molar-refractivity contribution in [2.75, 3.05) is 6.54 Å². The van der Waals surface area contributed by atoms with E-state index in [0.717, 1.165) is 28.8 Å². The molecule has 36 heavy (non-hydrogen) atoms. The van der Waals surface area contributed by atoms with Gasteiger partial charge in [0.2, 0.25) is 0 Å². The molecular weight excluding hydrogens is 460 g/mol. The second-order valence-electron chi connectivity index (χ2n) is 8.84. The largest absolute Gasteiger partial charge is 0.390 e. The molecule has 0 saturated carbocycles. The normalized spacial score (nSPS) is 12.9. The Morgan fingerprint density at radius 3 is 2.47 bits per heavy atom. The van der Waals surface area contributed by atoms with Gasteiger partial charge in [0.15, 0.2) is 0 Å². The van der Waals surface area contributed by atoms with Gasteiger partial charge < -0.3 is 15.7 Å². The maximum atomic E-state index is 13.8. The number of rotatable bonds is 10. The lowest BCUT2D eigenvalue weighted by atomic mass is 9.99. The number of amides is 1. The fraction of sp³-hybridized carbons (Fsp3) is 0.241. The summed E-state index contributed by atoms with van der Waals surface area (Å²) >= 11 is 0. The first-order valence-corrected chi connectivity index (χ1v) is 12.0. The van der Waals surface area contributed by atoms with Crippen LogP contribution in [0.4, 0.5) is 8.78 Å². The van der Waals surface area contributed by atoms with E-state index < -0.39 is 29.7 Å². The zero-order valence-electron chi connectivity index (χ0n) is 20.0. The Labute approximate surface area is 209 Å². The van der Waals surface area contributed by atoms with E-state index in [9.17, 15) is 18.7 Å². The number of hydrogen-bond donors (Lipinski definition) is 3. The number of aliphatic hydroxyl groups is 1. The smallest absolute Gasteiger partial charge is 0.253 e. The molecule has 4 aromatic rings. The van der Waals surface area contributed by atoms with E-state index in [0.29, 0.717) is 17.7 Å². The van der Waals surface area contributed by atoms with Crippen molar-refractivity contribution >= 4 is 16.7 Å². The van der Waals surface area contributed by atoms with Gasteiger partial charge in [-0.05, 0) is 47.1 Å². The minimum atomic E-state index is -1.02. The molecule has 3 aromatic carbocycles. The van der Waals surface area contributed by atoms with Crippen molar-refractivity contribution in [1.29, 1.82) is 0 Å². The number of aliphatic hydroxyl groups excluding tert-OH is 1. The first-order valence-electron chi connectivity index (χ1n) is 12.0. The van der Waals surface area contributed by atoms with Crippen LogP contribution >= 0.6 is 0 Å². The predicted molar refractivity (Wildman–Crippen MR) is 137 cm³/mol. The zero-order chi connectivity index (χ0) is 25.5. The van der Waals surface area contributed by atoms with E-state index in [1.165, 1.54) is 23.9 Å². The van der Waals surface area contributed by atoms with Crippen molar-refractivity contribution in [1.82, 2.24) is 15.6 Å². The number of nitrogens with zero attached hydrogens (tertiary/aromatic N) is 1. The summed E-state index contributed by atoms with van der Waals surface area (Å²) in [6.45, 7) is 2.80. The molecule has 1 heterocycles. The highest BCUT2D eigenvalue weighted by Crippen LogP contribution is 2.18. The molecular formula is C29H29F2N3O2. The van der Waals surface area contributed by atoms with Gasteiger partial charge in [-0.2, -0.15) is 0 Å². The van der Waals surface area contributed by atoms with Crippen LogP contribution in [0.25, 0.3) is 10.8 Å². The minimum Gasteiger partial charge on any atom is -0.390 e. The molecule has 0 radical (unpaired) electrons. The maximum absolute atomic E-state index is 13.8. The Kier molecular flexibility index (Phi) is 8.36. The van der Waals surface area contributed by atoms with Gasteiger partial charge in [0.1, 0.15) is 11.6 Å². The van der Waals surface area contributed by atoms with Crippen molar-refractivity contribution < 1.29 is 18.7 Å². The van der Waals surface area contributed by atoms with Crippen LogP contribution in [0.15, 0.2) is 79.1 Å². The van der Waals surface area contributed by atoms with Gasteiger partial charge in [0.05, 0.1) is 17.7 Å². The number of pyridine rings is 1. The van der Waals surface area contributed by atoms with Crippen molar-refractivity contribution in [3.05, 3.63) is 113 Å². The second-order valence-corrected chi connectivity index (χ2v) is 8.84. The fourth-order valence-corrected chi connectivity index (χ4v) is 4.28. The molecule has 0 aliphatic carbocycles. The molecule has 1 aromatic heterocycles. The van der Waals surface area contributed by atoms with Gasteiger partial charge >= 0.3 is 0 Å². The van der Waals surface area contributed by atoms with Crippen LogP contribution in [0.5, 0.6) is 0 Å². The molecule has 0 spiro atoms. The molecule has 4 rings (SSSR count). The SMILES string of the molecule is CCc1cccc(CNC[C@H](O)[C@H](Cc2cc(F)cc(F)c2)NC(=O)c2cncc3ccccc23)c1. The monoisotopic (exact) mass is 489 g/mol. The van der Waals surface area contributed by atoms with Crippen molar-refractivity contribution in [3.8, 4) is 0 Å². The number of carbonyl (C=O) groups excluding carboxylic acids is 1. The highest BCUT2D eigenvalue weighted by Gasteiger charge is 2.24. The molecule has 0 bridgehead atoms. The van der Waals surface area contributed by atoms with Gasteiger partial charge in [-0.25, -0.2) is 8.78 Å². The zero-order valence-corrected chi connectivity index (χ0v) is 20.0. The first-order chi connectivity index (χ1) is 17.4. The van der Waals surface area contributed by atoms with Crippen LogP contribution in [0.2, 0.25) is 0 Å². The average molecular weight is 490 g/mol. The lowest BCUT2D eigenvalue weighted by Gasteiger charge is -2.25. The molecule has 186 valence electrons. The van der Waals surface area contributed by atoms with Crippen molar-refractivity contribution in [2.24, 2.45) is 0 Å². The second kappa shape index (κ2) is 11.8. The fourth-order valence-electron chi connectivity index (χ4n) is 4.28. The number of carbonyl (C=O) groups is 1. The van der Waals surface area contributed by atoms with E-state index in [-0.39, 0.29) is 13.0 Å². The minimum absolute atomic E-state index is 0.0484. The molecule has 0 aliphatic rings. The molecule has 7 heteroatoms. The summed E-state index contributed by atoms with van der Waals surface area (Å²) in [6, 6.07) is 17.9. The number of nitrogens with one attached hydrogen (secondary N) is 2. The van der Waals surface area contributed by atoms with Crippen molar-refractivity contribution in [3.63, 3.8) is 0 Å². The molecule has 0 aliphatic heterocycles. The number of aromatic nitrogens is 1. The molecule has 3 N–H and O–H groups in total. The topological polar surface area (TPSA) is 74.2 Å². The summed E-state index contributed by atoms with van der Waals surface area (Å²) < 4.78 is 27.6. The highest BCUT2D eigenvalue weighted by molar-refractivity contribution is 6.06. The molecule has 5 nitrogen and oxygen atoms in total. The number of fused-ring (bicyclic) bond motifs is 1. The standard InChI is InChI=1S/C29H29F2N3O2/c1-2-19-6-5-7-20(10-19)15-32-18-28(35)27(13-21-11-23(30)14-24(31)12-21)34-29(36)26-17-33-16-22-8-3-4-9-25(22)26/h3-12,14,16-17,27-28,32,35H,2,13,15,18H2,1H3,(H,34,36)/t27-,28-/m0/s1. The van der Waals surface area contributed by atoms with E-state index in [4.69, 9.17) is 0 Å². The number of aryl methyl sites for hydroxylation is 1. The summed E-state index contributed by atoms with van der Waals surface area (Å²) in [4.78, 5) is 17.4. The Bertz CT molecular complexity index is 1320. The summed E-state index contributed by atoms with van der Waals surface area (Å²) in [5, 5.41) is 18.6. The van der Waals surface area contributed by atoms with E-state index in [2.05, 4.69) is 34.7 Å². The van der Waals surface area contributed by atoms with Crippen LogP contribution in [0.1, 0.15) is 34.0 Å². The molecule has 1 amide bonds. The summed E-state index contributed by atoms with van der Waals surface area (Å²) in [5.74, 6) is -1.84. The quantitative estimate of drug-likeness (QED) is 0.305. The third-order valence-electron chi connectivity index (χ3n) is 6.15.